The summed E-state index contributed by atoms with van der Waals surface area (Å²) in [6, 6.07) is 13.6. The minimum Gasteiger partial charge on any atom is -0.392 e. The highest BCUT2D eigenvalue weighted by atomic mass is 16.2. The quantitative estimate of drug-likeness (QED) is 0.658. The minimum absolute atomic E-state index is 0.0780. The van der Waals surface area contributed by atoms with Gasteiger partial charge in [0.15, 0.2) is 0 Å². The Morgan fingerprint density at radius 1 is 1.00 bits per heavy atom. The molecule has 1 aliphatic carbocycles. The van der Waals surface area contributed by atoms with Gasteiger partial charge in [-0.3, -0.25) is 0 Å². The van der Waals surface area contributed by atoms with Gasteiger partial charge in [-0.2, -0.15) is 0 Å². The monoisotopic (exact) mass is 362 g/mol. The Labute approximate surface area is 165 Å². The molecule has 27 heavy (non-hydrogen) atoms. The van der Waals surface area contributed by atoms with Gasteiger partial charge in [0.05, 0.1) is 6.61 Å². The second kappa shape index (κ2) is 7.28. The van der Waals surface area contributed by atoms with Crippen molar-refractivity contribution in [3.63, 3.8) is 0 Å². The highest BCUT2D eigenvalue weighted by Crippen LogP contribution is 2.47. The average Bonchev–Trinajstić information content (AvgIpc) is 2.63. The lowest BCUT2D eigenvalue weighted by Gasteiger charge is -2.42. The van der Waals surface area contributed by atoms with Gasteiger partial charge in [0.2, 0.25) is 0 Å². The summed E-state index contributed by atoms with van der Waals surface area (Å²) in [4.78, 5) is 0. The Bertz CT molecular complexity index is 855. The minimum atomic E-state index is 0.0780. The zero-order chi connectivity index (χ0) is 19.8. The predicted octanol–water partition coefficient (Wildman–Crippen LogP) is 6.50. The summed E-state index contributed by atoms with van der Waals surface area (Å²) < 4.78 is 0. The van der Waals surface area contributed by atoms with Crippen molar-refractivity contribution in [1.29, 1.82) is 0 Å². The molecule has 1 unspecified atom stereocenters. The Kier molecular flexibility index (Phi) is 5.36. The van der Waals surface area contributed by atoms with Crippen molar-refractivity contribution in [2.24, 2.45) is 0 Å². The normalized spacial score (nSPS) is 19.1. The highest BCUT2D eigenvalue weighted by Gasteiger charge is 2.37. The molecule has 1 N–H and O–H groups in total. The van der Waals surface area contributed by atoms with Gasteiger partial charge in [-0.15, -0.1) is 0 Å². The molecule has 0 spiro atoms. The van der Waals surface area contributed by atoms with Gasteiger partial charge in [-0.25, -0.2) is 0 Å². The van der Waals surface area contributed by atoms with Crippen molar-refractivity contribution in [3.05, 3.63) is 75.9 Å². The van der Waals surface area contributed by atoms with Crippen molar-refractivity contribution in [2.45, 2.75) is 71.1 Å². The first kappa shape index (κ1) is 19.9. The summed E-state index contributed by atoms with van der Waals surface area (Å²) in [7, 11) is 0. The topological polar surface area (TPSA) is 20.2 Å². The molecular formula is C26H34O. The van der Waals surface area contributed by atoms with E-state index in [9.17, 15) is 0 Å². The van der Waals surface area contributed by atoms with Crippen LogP contribution >= 0.6 is 0 Å². The first-order valence-electron chi connectivity index (χ1n) is 10.2. The van der Waals surface area contributed by atoms with Crippen LogP contribution in [-0.4, -0.2) is 11.7 Å². The van der Waals surface area contributed by atoms with Crippen molar-refractivity contribution in [1.82, 2.24) is 0 Å². The van der Waals surface area contributed by atoms with Gasteiger partial charge in [0, 0.05) is 5.92 Å². The summed E-state index contributed by atoms with van der Waals surface area (Å²) in [5, 5.41) is 9.04. The van der Waals surface area contributed by atoms with E-state index in [1.807, 2.05) is 6.08 Å². The molecule has 0 heterocycles. The maximum Gasteiger partial charge on any atom is 0.0615 e. The van der Waals surface area contributed by atoms with Crippen LogP contribution in [0.4, 0.5) is 0 Å². The van der Waals surface area contributed by atoms with Gasteiger partial charge in [-0.05, 0) is 64.0 Å². The number of fused-ring (bicyclic) bond motifs is 1. The van der Waals surface area contributed by atoms with E-state index in [0.29, 0.717) is 5.92 Å². The summed E-state index contributed by atoms with van der Waals surface area (Å²) in [5.41, 5.74) is 8.85. The molecule has 0 saturated carbocycles. The summed E-state index contributed by atoms with van der Waals surface area (Å²) in [5.74, 6) is 0.346. The summed E-state index contributed by atoms with van der Waals surface area (Å²) in [6.45, 7) is 14.2. The molecule has 0 aliphatic heterocycles. The summed E-state index contributed by atoms with van der Waals surface area (Å²) in [6.07, 6.45) is 6.27. The molecule has 144 valence electrons. The number of benzene rings is 2. The third-order valence-electron chi connectivity index (χ3n) is 6.53. The molecule has 0 saturated heterocycles. The maximum atomic E-state index is 9.04. The fourth-order valence-corrected chi connectivity index (χ4v) is 4.51. The van der Waals surface area contributed by atoms with Crippen LogP contribution in [0, 0.1) is 6.92 Å². The molecule has 0 amide bonds. The van der Waals surface area contributed by atoms with E-state index in [-0.39, 0.29) is 17.4 Å². The SMILES string of the molecule is Cc1cc2c(cc1C(C)c1cccc(C=CCO)c1)C(C)(C)CCC2(C)C. The van der Waals surface area contributed by atoms with Crippen LogP contribution in [0.1, 0.15) is 86.8 Å². The summed E-state index contributed by atoms with van der Waals surface area (Å²) >= 11 is 0. The zero-order valence-electron chi connectivity index (χ0n) is 17.8. The van der Waals surface area contributed by atoms with E-state index in [4.69, 9.17) is 5.11 Å². The molecule has 1 atom stereocenters. The molecule has 3 rings (SSSR count). The molecule has 0 radical (unpaired) electrons. The van der Waals surface area contributed by atoms with Gasteiger partial charge in [0.25, 0.3) is 0 Å². The zero-order valence-corrected chi connectivity index (χ0v) is 17.8. The Morgan fingerprint density at radius 2 is 1.63 bits per heavy atom. The third-order valence-corrected chi connectivity index (χ3v) is 6.53. The fraction of sp³-hybridized carbons (Fsp3) is 0.462. The number of aliphatic hydroxyl groups excluding tert-OH is 1. The molecule has 0 fully saturated rings. The van der Waals surface area contributed by atoms with E-state index >= 15 is 0 Å². The number of aryl methyl sites for hydroxylation is 1. The van der Waals surface area contributed by atoms with Gasteiger partial charge >= 0.3 is 0 Å². The lowest BCUT2D eigenvalue weighted by atomic mass is 9.62. The third kappa shape index (κ3) is 3.89. The fourth-order valence-electron chi connectivity index (χ4n) is 4.51. The van der Waals surface area contributed by atoms with Crippen molar-refractivity contribution in [3.8, 4) is 0 Å². The first-order chi connectivity index (χ1) is 12.7. The molecule has 0 bridgehead atoms. The van der Waals surface area contributed by atoms with Crippen LogP contribution in [0.2, 0.25) is 0 Å². The predicted molar refractivity (Wildman–Crippen MR) is 117 cm³/mol. The van der Waals surface area contributed by atoms with Crippen LogP contribution in [-0.2, 0) is 10.8 Å². The van der Waals surface area contributed by atoms with Crippen molar-refractivity contribution in [2.75, 3.05) is 6.61 Å². The first-order valence-corrected chi connectivity index (χ1v) is 10.2. The number of aliphatic hydroxyl groups is 1. The lowest BCUT2D eigenvalue weighted by Crippen LogP contribution is -2.34. The second-order valence-electron chi connectivity index (χ2n) is 9.50. The number of hydrogen-bond acceptors (Lipinski definition) is 1. The molecule has 0 aromatic heterocycles. The molecule has 2 aromatic carbocycles. The Hall–Kier alpha value is -1.86. The van der Waals surface area contributed by atoms with E-state index in [1.54, 1.807) is 6.08 Å². The van der Waals surface area contributed by atoms with Gasteiger partial charge in [-0.1, -0.05) is 83.2 Å². The molecule has 2 aromatic rings. The van der Waals surface area contributed by atoms with Crippen LogP contribution in [0.5, 0.6) is 0 Å². The van der Waals surface area contributed by atoms with Crippen molar-refractivity contribution < 1.29 is 5.11 Å². The highest BCUT2D eigenvalue weighted by molar-refractivity contribution is 5.53. The largest absolute Gasteiger partial charge is 0.392 e. The molecule has 1 heteroatoms. The molecular weight excluding hydrogens is 328 g/mol. The van der Waals surface area contributed by atoms with Crippen LogP contribution in [0.15, 0.2) is 42.5 Å². The number of rotatable bonds is 4. The lowest BCUT2D eigenvalue weighted by molar-refractivity contribution is 0.331. The van der Waals surface area contributed by atoms with E-state index in [1.165, 1.54) is 40.7 Å². The van der Waals surface area contributed by atoms with Crippen LogP contribution in [0.25, 0.3) is 6.08 Å². The van der Waals surface area contributed by atoms with Crippen LogP contribution < -0.4 is 0 Å². The van der Waals surface area contributed by atoms with E-state index in [2.05, 4.69) is 77.9 Å². The Balaban J connectivity index is 2.06. The van der Waals surface area contributed by atoms with E-state index < -0.39 is 0 Å². The van der Waals surface area contributed by atoms with E-state index in [0.717, 1.165) is 5.56 Å². The Morgan fingerprint density at radius 3 is 2.26 bits per heavy atom. The molecule has 1 nitrogen and oxygen atoms in total. The molecule has 1 aliphatic rings. The average molecular weight is 363 g/mol. The standard InChI is InChI=1S/C26H34O/c1-18-15-23-24(26(5,6)13-12-25(23,3)4)17-22(18)19(2)21-11-7-9-20(16-21)10-8-14-27/h7-11,15-17,19,27H,12-14H2,1-6H3. The smallest absolute Gasteiger partial charge is 0.0615 e. The van der Waals surface area contributed by atoms with Crippen LogP contribution in [0.3, 0.4) is 0 Å². The van der Waals surface area contributed by atoms with Crippen molar-refractivity contribution >= 4 is 6.08 Å². The second-order valence-corrected chi connectivity index (χ2v) is 9.50. The number of hydrogen-bond donors (Lipinski definition) is 1. The maximum absolute atomic E-state index is 9.04. The van der Waals surface area contributed by atoms with Gasteiger partial charge in [0.1, 0.15) is 0 Å². The van der Waals surface area contributed by atoms with Gasteiger partial charge < -0.3 is 5.11 Å².